The molecule has 0 aromatic heterocycles. The predicted molar refractivity (Wildman–Crippen MR) is 282 cm³/mol. The van der Waals surface area contributed by atoms with Crippen LogP contribution in [-0.4, -0.2) is 9.52 Å². The number of hydrogen-bond acceptors (Lipinski definition) is 0. The second-order valence-electron chi connectivity index (χ2n) is 20.0. The fourth-order valence-corrected chi connectivity index (χ4v) is 40.5. The Hall–Kier alpha value is -3.52. The molecule has 0 saturated heterocycles. The summed E-state index contributed by atoms with van der Waals surface area (Å²) in [5, 5.41) is 3.00. The number of fused-ring (bicyclic) bond motifs is 5. The molecular weight excluding hydrogens is 911 g/mol. The minimum absolute atomic E-state index is 0.109. The molecule has 0 fully saturated rings. The Bertz CT molecular complexity index is 2710. The molecule has 0 saturated carbocycles. The van der Waals surface area contributed by atoms with Crippen LogP contribution in [0, 0.1) is 39.5 Å². The van der Waals surface area contributed by atoms with Crippen molar-refractivity contribution in [3.05, 3.63) is 170 Å². The first-order valence-corrected chi connectivity index (χ1v) is 36.2. The molecule has 9 rings (SSSR count). The van der Waals surface area contributed by atoms with Crippen LogP contribution in [0.5, 0.6) is 0 Å². The topological polar surface area (TPSA) is 0 Å². The van der Waals surface area contributed by atoms with Crippen molar-refractivity contribution < 1.29 is 16.4 Å². The molecule has 6 aromatic rings. The van der Waals surface area contributed by atoms with Gasteiger partial charge in [0.25, 0.3) is 0 Å². The standard InChI is InChI=1S/2C24H29.C12H9Si.2ClH.Zr/c2*1-6-8-19-9-10-20-14-21(18(5)7-2)15-23(20)24(19)22-12-16(3)11-17(4)13-22;1-3-7-11-9(5-1)10-6-2-4-8-12(10)13-11;;;/h2*9-15,18H,6-8H2,1-5H3;1-7H,13H2;2*1H;/q;;;;;+2/p-2. The summed E-state index contributed by atoms with van der Waals surface area (Å²) in [5.41, 5.74) is 24.5. The minimum atomic E-state index is -5.78. The van der Waals surface area contributed by atoms with E-state index in [0.29, 0.717) is 11.8 Å². The second-order valence-corrected chi connectivity index (χ2v) is 42.5. The molecule has 0 nitrogen and oxygen atoms in total. The van der Waals surface area contributed by atoms with Gasteiger partial charge in [-0.2, -0.15) is 0 Å². The third-order valence-corrected chi connectivity index (χ3v) is 38.1. The summed E-state index contributed by atoms with van der Waals surface area (Å²) >= 11 is -5.78. The van der Waals surface area contributed by atoms with E-state index < -0.39 is 25.9 Å². The second kappa shape index (κ2) is 17.6. The summed E-state index contributed by atoms with van der Waals surface area (Å²) in [6.07, 6.45) is 11.5. The summed E-state index contributed by atoms with van der Waals surface area (Å²) in [6.45, 7) is 23.2. The maximum absolute atomic E-state index is 9.62. The normalized spacial score (nSPS) is 18.2. The van der Waals surface area contributed by atoms with Gasteiger partial charge >= 0.3 is 399 Å². The zero-order chi connectivity index (χ0) is 45.3. The molecule has 2 aliphatic carbocycles. The molecule has 329 valence electrons. The molecular formula is C60H67Cl2SiZr. The van der Waals surface area contributed by atoms with Crippen molar-refractivity contribution in [3.8, 4) is 33.4 Å². The van der Waals surface area contributed by atoms with E-state index in [1.54, 1.807) is 0 Å². The summed E-state index contributed by atoms with van der Waals surface area (Å²) in [4.78, 5) is 0. The van der Waals surface area contributed by atoms with E-state index in [-0.39, 0.29) is 7.25 Å². The average molecular weight is 978 g/mol. The van der Waals surface area contributed by atoms with E-state index in [1.165, 1.54) is 114 Å². The van der Waals surface area contributed by atoms with Crippen LogP contribution in [0.15, 0.2) is 114 Å². The summed E-state index contributed by atoms with van der Waals surface area (Å²) in [5.74, 6) is 0.593. The van der Waals surface area contributed by atoms with Crippen LogP contribution >= 0.6 is 17.0 Å². The molecule has 1 heterocycles. The van der Waals surface area contributed by atoms with Gasteiger partial charge in [-0.25, -0.2) is 0 Å². The molecule has 4 heteroatoms. The van der Waals surface area contributed by atoms with E-state index in [4.69, 9.17) is 0 Å². The van der Waals surface area contributed by atoms with Crippen LogP contribution in [0.25, 0.3) is 45.5 Å². The molecule has 6 aromatic carbocycles. The van der Waals surface area contributed by atoms with Crippen LogP contribution in [0.2, 0.25) is 0 Å². The Labute approximate surface area is 395 Å². The van der Waals surface area contributed by atoms with E-state index in [9.17, 15) is 17.0 Å². The summed E-state index contributed by atoms with van der Waals surface area (Å²) < 4.78 is 1.10. The predicted octanol–water partition coefficient (Wildman–Crippen LogP) is 15.3. The van der Waals surface area contributed by atoms with Gasteiger partial charge in [-0.1, -0.05) is 0 Å². The summed E-state index contributed by atoms with van der Waals surface area (Å²) in [7, 11) is 18.3. The molecule has 4 unspecified atom stereocenters. The van der Waals surface area contributed by atoms with Crippen molar-refractivity contribution in [2.45, 2.75) is 115 Å². The molecule has 3 aliphatic rings. The van der Waals surface area contributed by atoms with Gasteiger partial charge < -0.3 is 0 Å². The number of hydrogen-bond donors (Lipinski definition) is 0. The van der Waals surface area contributed by atoms with Crippen molar-refractivity contribution in [2.75, 3.05) is 0 Å². The number of aryl methyl sites for hydroxylation is 6. The van der Waals surface area contributed by atoms with Crippen LogP contribution in [-0.2, 0) is 29.2 Å². The number of allylic oxidation sites excluding steroid dienone is 2. The Balaban J connectivity index is 1.43. The van der Waals surface area contributed by atoms with Crippen LogP contribution in [0.1, 0.15) is 130 Å². The van der Waals surface area contributed by atoms with Crippen molar-refractivity contribution in [1.29, 1.82) is 0 Å². The fraction of sp³-hybridized carbons (Fsp3) is 0.333. The first-order chi connectivity index (χ1) is 30.7. The summed E-state index contributed by atoms with van der Waals surface area (Å²) in [6, 6.07) is 40.4. The quantitative estimate of drug-likeness (QED) is 0.101. The van der Waals surface area contributed by atoms with Crippen LogP contribution in [0.4, 0.5) is 0 Å². The van der Waals surface area contributed by atoms with Crippen molar-refractivity contribution >= 4 is 52.3 Å². The van der Waals surface area contributed by atoms with Crippen LogP contribution < -0.4 is 13.6 Å². The monoisotopic (exact) mass is 975 g/mol. The number of halogens is 2. The van der Waals surface area contributed by atoms with E-state index in [0.717, 1.165) is 38.5 Å². The van der Waals surface area contributed by atoms with E-state index in [1.807, 2.05) is 0 Å². The van der Waals surface area contributed by atoms with Crippen LogP contribution in [0.3, 0.4) is 0 Å². The van der Waals surface area contributed by atoms with Gasteiger partial charge in [0.2, 0.25) is 0 Å². The Morgan fingerprint density at radius 3 is 1.45 bits per heavy atom. The number of benzene rings is 6. The van der Waals surface area contributed by atoms with E-state index in [2.05, 4.69) is 185 Å². The van der Waals surface area contributed by atoms with Crippen molar-refractivity contribution in [1.82, 2.24) is 0 Å². The third-order valence-electron chi connectivity index (χ3n) is 15.5. The third kappa shape index (κ3) is 7.41. The van der Waals surface area contributed by atoms with Gasteiger partial charge in [0.1, 0.15) is 0 Å². The molecule has 0 amide bonds. The first-order valence-electron chi connectivity index (χ1n) is 24.4. The SMILES string of the molecule is CCCc1ccc2c(c1-c1cc(C)cc(C)c1)C=C(C(C)CC)[CH]2[Zr]([Cl])([Cl])([c]1cccc2c1[SiH2]c1ccccc1-2)[CH]1C(C(C)CC)=Cc2c1ccc(CCC)c2-c1cc(C)cc(C)c1. The molecule has 0 bridgehead atoms. The van der Waals surface area contributed by atoms with Crippen molar-refractivity contribution in [3.63, 3.8) is 0 Å². The Kier molecular flexibility index (Phi) is 12.6. The molecule has 4 atom stereocenters. The van der Waals surface area contributed by atoms with E-state index >= 15 is 0 Å². The zero-order valence-electron chi connectivity index (χ0n) is 40.0. The first kappa shape index (κ1) is 45.6. The van der Waals surface area contributed by atoms with Gasteiger partial charge in [0.05, 0.1) is 0 Å². The zero-order valence-corrected chi connectivity index (χ0v) is 45.4. The van der Waals surface area contributed by atoms with Gasteiger partial charge in [-0.05, 0) is 0 Å². The molecule has 64 heavy (non-hydrogen) atoms. The fourth-order valence-electron chi connectivity index (χ4n) is 12.5. The molecule has 0 N–H and O–H groups in total. The van der Waals surface area contributed by atoms with Gasteiger partial charge in [0.15, 0.2) is 0 Å². The van der Waals surface area contributed by atoms with Gasteiger partial charge in [-0.3, -0.25) is 0 Å². The molecule has 1 aliphatic heterocycles. The number of rotatable bonds is 13. The molecule has 0 radical (unpaired) electrons. The average Bonchev–Trinajstić information content (AvgIpc) is 3.98. The van der Waals surface area contributed by atoms with Gasteiger partial charge in [-0.15, -0.1) is 0 Å². The maximum atomic E-state index is 9.62. The van der Waals surface area contributed by atoms with Crippen molar-refractivity contribution in [2.24, 2.45) is 11.8 Å². The Morgan fingerprint density at radius 1 is 0.547 bits per heavy atom. The van der Waals surface area contributed by atoms with Gasteiger partial charge in [0, 0.05) is 0 Å². The molecule has 0 spiro atoms. The Morgan fingerprint density at radius 2 is 1.00 bits per heavy atom.